The number of nitrogens with zero attached hydrogens (tertiary/aromatic N) is 1. The van der Waals surface area contributed by atoms with E-state index in [1.807, 2.05) is 6.07 Å². The van der Waals surface area contributed by atoms with Gasteiger partial charge in [-0.3, -0.25) is 4.79 Å². The molecular formula is C16H16N2O4. The number of carbonyl (C=O) groups excluding carboxylic acids is 1. The van der Waals surface area contributed by atoms with Crippen LogP contribution in [0.5, 0.6) is 17.2 Å². The molecule has 22 heavy (non-hydrogen) atoms. The maximum Gasteiger partial charge on any atom is 0.277 e. The molecular weight excluding hydrogens is 284 g/mol. The van der Waals surface area contributed by atoms with Gasteiger partial charge in [0.25, 0.3) is 5.91 Å². The summed E-state index contributed by atoms with van der Waals surface area (Å²) in [6.07, 6.45) is 1.47. The van der Waals surface area contributed by atoms with Gasteiger partial charge < -0.3 is 14.6 Å². The predicted octanol–water partition coefficient (Wildman–Crippen LogP) is 1.93. The minimum absolute atomic E-state index is 0.173. The van der Waals surface area contributed by atoms with E-state index in [2.05, 4.69) is 10.5 Å². The van der Waals surface area contributed by atoms with Crippen LogP contribution in [0, 0.1) is 0 Å². The number of carbonyl (C=O) groups is 1. The molecule has 0 aliphatic rings. The van der Waals surface area contributed by atoms with Crippen molar-refractivity contribution in [2.75, 3.05) is 13.7 Å². The molecule has 6 nitrogen and oxygen atoms in total. The normalized spacial score (nSPS) is 10.4. The van der Waals surface area contributed by atoms with Crippen LogP contribution in [0.3, 0.4) is 0 Å². The van der Waals surface area contributed by atoms with Crippen molar-refractivity contribution in [2.45, 2.75) is 0 Å². The Bertz CT molecular complexity index is 653. The van der Waals surface area contributed by atoms with Crippen molar-refractivity contribution in [3.63, 3.8) is 0 Å². The Morgan fingerprint density at radius 1 is 1.18 bits per heavy atom. The molecule has 0 saturated carbocycles. The largest absolute Gasteiger partial charge is 0.508 e. The van der Waals surface area contributed by atoms with E-state index in [1.165, 1.54) is 25.5 Å². The highest BCUT2D eigenvalue weighted by atomic mass is 16.5. The summed E-state index contributed by atoms with van der Waals surface area (Å²) < 4.78 is 10.5. The Morgan fingerprint density at radius 3 is 2.55 bits per heavy atom. The van der Waals surface area contributed by atoms with Crippen molar-refractivity contribution in [2.24, 2.45) is 5.10 Å². The minimum Gasteiger partial charge on any atom is -0.508 e. The van der Waals surface area contributed by atoms with Crippen LogP contribution in [0.4, 0.5) is 0 Å². The highest BCUT2D eigenvalue weighted by Gasteiger charge is 2.05. The first-order valence-corrected chi connectivity index (χ1v) is 6.56. The zero-order valence-corrected chi connectivity index (χ0v) is 12.0. The molecule has 0 aliphatic carbocycles. The van der Waals surface area contributed by atoms with E-state index in [0.717, 1.165) is 5.56 Å². The molecule has 0 atom stereocenters. The standard InChI is InChI=1S/C16H16N2O4/c1-21-14-4-2-3-5-15(14)22-11-16(20)18-17-10-12-6-8-13(19)9-7-12/h2-10,19H,11H2,1H3,(H,18,20)/b17-10+. The Balaban J connectivity index is 1.82. The van der Waals surface area contributed by atoms with Gasteiger partial charge in [-0.2, -0.15) is 5.10 Å². The number of phenolic OH excluding ortho intramolecular Hbond substituents is 1. The van der Waals surface area contributed by atoms with E-state index in [4.69, 9.17) is 14.6 Å². The van der Waals surface area contributed by atoms with Gasteiger partial charge in [0.15, 0.2) is 18.1 Å². The van der Waals surface area contributed by atoms with Gasteiger partial charge in [-0.1, -0.05) is 12.1 Å². The van der Waals surface area contributed by atoms with Crippen LogP contribution in [-0.2, 0) is 4.79 Å². The van der Waals surface area contributed by atoms with Crippen molar-refractivity contribution in [3.05, 3.63) is 54.1 Å². The van der Waals surface area contributed by atoms with E-state index in [9.17, 15) is 4.79 Å². The van der Waals surface area contributed by atoms with Gasteiger partial charge in [0, 0.05) is 0 Å². The molecule has 2 N–H and O–H groups in total. The van der Waals surface area contributed by atoms with Gasteiger partial charge in [-0.15, -0.1) is 0 Å². The third-order valence-corrected chi connectivity index (χ3v) is 2.72. The summed E-state index contributed by atoms with van der Waals surface area (Å²) in [5.74, 6) is 0.831. The highest BCUT2D eigenvalue weighted by molar-refractivity contribution is 5.83. The average molecular weight is 300 g/mol. The maximum absolute atomic E-state index is 11.6. The molecule has 0 aromatic heterocycles. The monoisotopic (exact) mass is 300 g/mol. The number of hydrogen-bond acceptors (Lipinski definition) is 5. The smallest absolute Gasteiger partial charge is 0.277 e. The van der Waals surface area contributed by atoms with Crippen LogP contribution in [0.15, 0.2) is 53.6 Å². The molecule has 6 heteroatoms. The number of rotatable bonds is 6. The number of benzene rings is 2. The number of phenols is 1. The lowest BCUT2D eigenvalue weighted by Crippen LogP contribution is -2.24. The van der Waals surface area contributed by atoms with Crippen molar-refractivity contribution >= 4 is 12.1 Å². The van der Waals surface area contributed by atoms with Gasteiger partial charge >= 0.3 is 0 Å². The number of hydrogen-bond donors (Lipinski definition) is 2. The molecule has 2 aromatic carbocycles. The van der Waals surface area contributed by atoms with Crippen molar-refractivity contribution in [1.29, 1.82) is 0 Å². The SMILES string of the molecule is COc1ccccc1OCC(=O)N/N=C/c1ccc(O)cc1. The van der Waals surface area contributed by atoms with Gasteiger partial charge in [-0.05, 0) is 42.0 Å². The molecule has 0 saturated heterocycles. The predicted molar refractivity (Wildman–Crippen MR) is 82.3 cm³/mol. The van der Waals surface area contributed by atoms with Gasteiger partial charge in [0.05, 0.1) is 13.3 Å². The van der Waals surface area contributed by atoms with Crippen LogP contribution < -0.4 is 14.9 Å². The summed E-state index contributed by atoms with van der Waals surface area (Å²) in [5, 5.41) is 13.0. The van der Waals surface area contributed by atoms with E-state index in [0.29, 0.717) is 11.5 Å². The third-order valence-electron chi connectivity index (χ3n) is 2.72. The molecule has 2 rings (SSSR count). The van der Waals surface area contributed by atoms with E-state index in [1.54, 1.807) is 30.3 Å². The molecule has 2 aromatic rings. The summed E-state index contributed by atoms with van der Waals surface area (Å²) in [4.78, 5) is 11.6. The third kappa shape index (κ3) is 4.52. The quantitative estimate of drug-likeness (QED) is 0.631. The van der Waals surface area contributed by atoms with Gasteiger partial charge in [0.2, 0.25) is 0 Å². The van der Waals surface area contributed by atoms with Gasteiger partial charge in [-0.25, -0.2) is 5.43 Å². The topological polar surface area (TPSA) is 80.2 Å². The first-order chi connectivity index (χ1) is 10.7. The highest BCUT2D eigenvalue weighted by Crippen LogP contribution is 2.25. The summed E-state index contributed by atoms with van der Waals surface area (Å²) in [5.41, 5.74) is 3.11. The Labute approximate surface area is 128 Å². The zero-order chi connectivity index (χ0) is 15.8. The summed E-state index contributed by atoms with van der Waals surface area (Å²) in [7, 11) is 1.53. The average Bonchev–Trinajstić information content (AvgIpc) is 2.55. The fourth-order valence-corrected chi connectivity index (χ4v) is 1.65. The van der Waals surface area contributed by atoms with Crippen LogP contribution in [0.2, 0.25) is 0 Å². The Morgan fingerprint density at radius 2 is 1.86 bits per heavy atom. The van der Waals surface area contributed by atoms with E-state index in [-0.39, 0.29) is 18.3 Å². The molecule has 0 spiro atoms. The van der Waals surface area contributed by atoms with E-state index < -0.39 is 0 Å². The van der Waals surface area contributed by atoms with Crippen LogP contribution in [0.25, 0.3) is 0 Å². The van der Waals surface area contributed by atoms with E-state index >= 15 is 0 Å². The zero-order valence-electron chi connectivity index (χ0n) is 12.0. The lowest BCUT2D eigenvalue weighted by molar-refractivity contribution is -0.123. The molecule has 114 valence electrons. The second-order valence-electron chi connectivity index (χ2n) is 4.32. The lowest BCUT2D eigenvalue weighted by Gasteiger charge is -2.09. The molecule has 0 fully saturated rings. The van der Waals surface area contributed by atoms with Crippen LogP contribution >= 0.6 is 0 Å². The Kier molecular flexibility index (Phi) is 5.37. The Hall–Kier alpha value is -3.02. The molecule has 0 heterocycles. The molecule has 0 bridgehead atoms. The summed E-state index contributed by atoms with van der Waals surface area (Å²) >= 11 is 0. The summed E-state index contributed by atoms with van der Waals surface area (Å²) in [6.45, 7) is -0.173. The molecule has 0 radical (unpaired) electrons. The number of aromatic hydroxyl groups is 1. The summed E-state index contributed by atoms with van der Waals surface area (Å²) in [6, 6.07) is 13.5. The second kappa shape index (κ2) is 7.68. The molecule has 1 amide bonds. The maximum atomic E-state index is 11.6. The fraction of sp³-hybridized carbons (Fsp3) is 0.125. The number of para-hydroxylation sites is 2. The second-order valence-corrected chi connectivity index (χ2v) is 4.32. The molecule has 0 unspecified atom stereocenters. The lowest BCUT2D eigenvalue weighted by atomic mass is 10.2. The van der Waals surface area contributed by atoms with Crippen molar-refractivity contribution < 1.29 is 19.4 Å². The van der Waals surface area contributed by atoms with Gasteiger partial charge in [0.1, 0.15) is 5.75 Å². The first-order valence-electron chi connectivity index (χ1n) is 6.56. The van der Waals surface area contributed by atoms with Crippen LogP contribution in [0.1, 0.15) is 5.56 Å². The number of nitrogens with one attached hydrogen (secondary N) is 1. The number of amides is 1. The number of methoxy groups -OCH3 is 1. The fourth-order valence-electron chi connectivity index (χ4n) is 1.65. The van der Waals surface area contributed by atoms with Crippen LogP contribution in [-0.4, -0.2) is 30.9 Å². The number of ether oxygens (including phenoxy) is 2. The van der Waals surface area contributed by atoms with Crippen molar-refractivity contribution in [3.8, 4) is 17.2 Å². The minimum atomic E-state index is -0.388. The first kappa shape index (κ1) is 15.4. The molecule has 0 aliphatic heterocycles. The number of hydrazone groups is 1. The van der Waals surface area contributed by atoms with Crippen molar-refractivity contribution in [1.82, 2.24) is 5.43 Å².